The minimum atomic E-state index is 0.0408. The molecular weight excluding hydrogens is 266 g/mol. The first kappa shape index (κ1) is 12.1. The number of halogens is 1. The van der Waals surface area contributed by atoms with E-state index >= 15 is 0 Å². The first-order chi connectivity index (χ1) is 7.52. The van der Waals surface area contributed by atoms with Crippen LogP contribution in [0.3, 0.4) is 0 Å². The van der Waals surface area contributed by atoms with Gasteiger partial charge in [-0.3, -0.25) is 0 Å². The van der Waals surface area contributed by atoms with Crippen LogP contribution in [-0.4, -0.2) is 25.8 Å². The Balaban J connectivity index is 2.39. The van der Waals surface area contributed by atoms with Crippen molar-refractivity contribution < 1.29 is 4.74 Å². The van der Waals surface area contributed by atoms with Crippen molar-refractivity contribution in [1.82, 2.24) is 5.32 Å². The monoisotopic (exact) mass is 283 g/mol. The van der Waals surface area contributed by atoms with Crippen LogP contribution in [0.1, 0.15) is 19.4 Å². The first-order valence-corrected chi connectivity index (χ1v) is 6.34. The molecule has 0 radical (unpaired) electrons. The first-order valence-electron chi connectivity index (χ1n) is 5.54. The van der Waals surface area contributed by atoms with Crippen LogP contribution in [0.5, 0.6) is 0 Å². The standard InChI is InChI=1S/C13H18BrNO/c1-12(2,15-3)13(8-16-9-13)10-4-6-11(14)7-5-10/h4-7,15H,8-9H2,1-3H3. The lowest BCUT2D eigenvalue weighted by Crippen LogP contribution is -2.65. The number of benzene rings is 1. The fourth-order valence-electron chi connectivity index (χ4n) is 2.20. The van der Waals surface area contributed by atoms with Crippen LogP contribution in [0.2, 0.25) is 0 Å². The molecule has 0 amide bonds. The molecule has 1 aliphatic rings. The Bertz CT molecular complexity index is 368. The summed E-state index contributed by atoms with van der Waals surface area (Å²) in [5.41, 5.74) is 1.49. The van der Waals surface area contributed by atoms with Gasteiger partial charge in [0.25, 0.3) is 0 Å². The van der Waals surface area contributed by atoms with Gasteiger partial charge in [-0.1, -0.05) is 28.1 Å². The summed E-state index contributed by atoms with van der Waals surface area (Å²) >= 11 is 3.47. The molecule has 1 aromatic rings. The highest BCUT2D eigenvalue weighted by Crippen LogP contribution is 2.41. The molecule has 2 rings (SSSR count). The summed E-state index contributed by atoms with van der Waals surface area (Å²) in [6.45, 7) is 6.06. The van der Waals surface area contributed by atoms with Gasteiger partial charge >= 0.3 is 0 Å². The number of hydrogen-bond acceptors (Lipinski definition) is 2. The number of hydrogen-bond donors (Lipinski definition) is 1. The van der Waals surface area contributed by atoms with Crippen LogP contribution in [0.25, 0.3) is 0 Å². The van der Waals surface area contributed by atoms with Gasteiger partial charge in [-0.15, -0.1) is 0 Å². The van der Waals surface area contributed by atoms with E-state index in [1.807, 2.05) is 7.05 Å². The summed E-state index contributed by atoms with van der Waals surface area (Å²) in [5, 5.41) is 3.41. The van der Waals surface area contributed by atoms with Crippen molar-refractivity contribution in [2.45, 2.75) is 24.8 Å². The highest BCUT2D eigenvalue weighted by molar-refractivity contribution is 9.10. The van der Waals surface area contributed by atoms with E-state index in [-0.39, 0.29) is 11.0 Å². The maximum Gasteiger partial charge on any atom is 0.0603 e. The summed E-state index contributed by atoms with van der Waals surface area (Å²) < 4.78 is 6.58. The van der Waals surface area contributed by atoms with Gasteiger partial charge in [0.15, 0.2) is 0 Å². The van der Waals surface area contributed by atoms with Gasteiger partial charge in [-0.2, -0.15) is 0 Å². The Labute approximate surface area is 106 Å². The smallest absolute Gasteiger partial charge is 0.0603 e. The molecule has 0 spiro atoms. The molecule has 88 valence electrons. The molecule has 0 unspecified atom stereocenters. The van der Waals surface area contributed by atoms with Crippen LogP contribution < -0.4 is 5.32 Å². The van der Waals surface area contributed by atoms with Gasteiger partial charge in [-0.05, 0) is 38.6 Å². The van der Waals surface area contributed by atoms with Crippen LogP contribution in [-0.2, 0) is 10.2 Å². The zero-order valence-corrected chi connectivity index (χ0v) is 11.6. The molecule has 0 saturated carbocycles. The van der Waals surface area contributed by atoms with E-state index in [1.54, 1.807) is 0 Å². The van der Waals surface area contributed by atoms with E-state index in [9.17, 15) is 0 Å². The summed E-state index contributed by atoms with van der Waals surface area (Å²) in [6, 6.07) is 8.57. The molecule has 1 heterocycles. The maximum atomic E-state index is 5.46. The molecule has 0 atom stereocenters. The number of ether oxygens (including phenoxy) is 1. The predicted octanol–water partition coefficient (Wildman–Crippen LogP) is 2.72. The van der Waals surface area contributed by atoms with Gasteiger partial charge in [-0.25, -0.2) is 0 Å². The lowest BCUT2D eigenvalue weighted by atomic mass is 9.65. The molecule has 0 aromatic heterocycles. The molecular formula is C13H18BrNO. The molecule has 1 saturated heterocycles. The van der Waals surface area contributed by atoms with E-state index in [0.29, 0.717) is 0 Å². The predicted molar refractivity (Wildman–Crippen MR) is 69.8 cm³/mol. The maximum absolute atomic E-state index is 5.46. The van der Waals surface area contributed by atoms with Crippen molar-refractivity contribution in [3.8, 4) is 0 Å². The third kappa shape index (κ3) is 1.71. The topological polar surface area (TPSA) is 21.3 Å². The van der Waals surface area contributed by atoms with Gasteiger partial charge in [0.05, 0.1) is 18.6 Å². The van der Waals surface area contributed by atoms with Crippen molar-refractivity contribution in [3.05, 3.63) is 34.3 Å². The Morgan fingerprint density at radius 1 is 1.25 bits per heavy atom. The van der Waals surface area contributed by atoms with Crippen molar-refractivity contribution in [3.63, 3.8) is 0 Å². The molecule has 16 heavy (non-hydrogen) atoms. The highest BCUT2D eigenvalue weighted by atomic mass is 79.9. The van der Waals surface area contributed by atoms with Crippen molar-refractivity contribution >= 4 is 15.9 Å². The second-order valence-electron chi connectivity index (χ2n) is 4.96. The van der Waals surface area contributed by atoms with E-state index < -0.39 is 0 Å². The summed E-state index contributed by atoms with van der Waals surface area (Å²) in [4.78, 5) is 0. The average molecular weight is 284 g/mol. The molecule has 3 heteroatoms. The fourth-order valence-corrected chi connectivity index (χ4v) is 2.47. The largest absolute Gasteiger partial charge is 0.379 e. The third-order valence-corrected chi connectivity index (χ3v) is 4.44. The zero-order valence-electron chi connectivity index (χ0n) is 10.0. The number of likely N-dealkylation sites (N-methyl/N-ethyl adjacent to an activating group) is 1. The highest BCUT2D eigenvalue weighted by Gasteiger charge is 2.51. The van der Waals surface area contributed by atoms with E-state index in [1.165, 1.54) is 5.56 Å². The van der Waals surface area contributed by atoms with E-state index in [2.05, 4.69) is 59.4 Å². The second kappa shape index (κ2) is 4.13. The molecule has 0 bridgehead atoms. The van der Waals surface area contributed by atoms with Gasteiger partial charge in [0, 0.05) is 10.0 Å². The summed E-state index contributed by atoms with van der Waals surface area (Å²) in [5.74, 6) is 0. The Morgan fingerprint density at radius 2 is 1.81 bits per heavy atom. The van der Waals surface area contributed by atoms with Crippen molar-refractivity contribution in [1.29, 1.82) is 0 Å². The Hall–Kier alpha value is -0.380. The molecule has 2 nitrogen and oxygen atoms in total. The molecule has 1 fully saturated rings. The molecule has 1 aliphatic heterocycles. The lowest BCUT2D eigenvalue weighted by molar-refractivity contribution is -0.0991. The van der Waals surface area contributed by atoms with E-state index in [4.69, 9.17) is 4.74 Å². The Kier molecular flexibility index (Phi) is 3.12. The third-order valence-electron chi connectivity index (χ3n) is 3.92. The van der Waals surface area contributed by atoms with Gasteiger partial charge in [0.1, 0.15) is 0 Å². The minimum Gasteiger partial charge on any atom is -0.379 e. The number of nitrogens with one attached hydrogen (secondary N) is 1. The van der Waals surface area contributed by atoms with Crippen molar-refractivity contribution in [2.24, 2.45) is 0 Å². The van der Waals surface area contributed by atoms with E-state index in [0.717, 1.165) is 17.7 Å². The summed E-state index contributed by atoms with van der Waals surface area (Å²) in [7, 11) is 2.01. The second-order valence-corrected chi connectivity index (χ2v) is 5.87. The molecule has 1 N–H and O–H groups in total. The lowest BCUT2D eigenvalue weighted by Gasteiger charge is -2.52. The average Bonchev–Trinajstić information content (AvgIpc) is 2.19. The van der Waals surface area contributed by atoms with Crippen LogP contribution in [0, 0.1) is 0 Å². The molecule has 1 aromatic carbocycles. The van der Waals surface area contributed by atoms with Crippen molar-refractivity contribution in [2.75, 3.05) is 20.3 Å². The summed E-state index contributed by atoms with van der Waals surface area (Å²) in [6.07, 6.45) is 0. The fraction of sp³-hybridized carbons (Fsp3) is 0.538. The van der Waals surface area contributed by atoms with Gasteiger partial charge in [0.2, 0.25) is 0 Å². The zero-order chi connectivity index (χ0) is 11.8. The SMILES string of the molecule is CNC(C)(C)C1(c2ccc(Br)cc2)COC1. The van der Waals surface area contributed by atoms with Crippen LogP contribution in [0.4, 0.5) is 0 Å². The van der Waals surface area contributed by atoms with Gasteiger partial charge < -0.3 is 10.1 Å². The Morgan fingerprint density at radius 3 is 2.19 bits per heavy atom. The van der Waals surface area contributed by atoms with Crippen LogP contribution in [0.15, 0.2) is 28.7 Å². The van der Waals surface area contributed by atoms with Crippen LogP contribution >= 0.6 is 15.9 Å². The normalized spacial score (nSPS) is 19.2. The quantitative estimate of drug-likeness (QED) is 0.921. The number of rotatable bonds is 3. The molecule has 0 aliphatic carbocycles. The minimum absolute atomic E-state index is 0.0408.